The third kappa shape index (κ3) is 10.0. The molecule has 2 heterocycles. The van der Waals surface area contributed by atoms with Crippen molar-refractivity contribution in [2.24, 2.45) is 0 Å². The first-order valence-corrected chi connectivity index (χ1v) is 15.6. The van der Waals surface area contributed by atoms with Crippen LogP contribution in [-0.4, -0.2) is 121 Å². The Labute approximate surface area is 248 Å². The minimum Gasteiger partial charge on any atom is -0.405 e. The molecule has 0 aromatic heterocycles. The zero-order chi connectivity index (χ0) is 31.2. The lowest BCUT2D eigenvalue weighted by atomic mass is 9.97. The second kappa shape index (κ2) is 18.7. The molecule has 0 aliphatic carbocycles. The fraction of sp³-hybridized carbons (Fsp3) is 0.966. The highest BCUT2D eigenvalue weighted by atomic mass is 16.9. The van der Waals surface area contributed by atoms with E-state index < -0.39 is 80.3 Å². The van der Waals surface area contributed by atoms with E-state index in [4.69, 9.17) is 18.9 Å². The van der Waals surface area contributed by atoms with E-state index >= 15 is 0 Å². The Morgan fingerprint density at radius 1 is 0.643 bits per heavy atom. The van der Waals surface area contributed by atoms with Gasteiger partial charge in [0, 0.05) is 6.42 Å². The number of rotatable bonds is 21. The lowest BCUT2D eigenvalue weighted by Gasteiger charge is -2.49. The van der Waals surface area contributed by atoms with Gasteiger partial charge in [-0.1, -0.05) is 90.4 Å². The van der Waals surface area contributed by atoms with Crippen molar-refractivity contribution in [3.63, 3.8) is 0 Å². The van der Waals surface area contributed by atoms with E-state index in [2.05, 4.69) is 6.92 Å². The van der Waals surface area contributed by atoms with E-state index in [9.17, 15) is 45.6 Å². The highest BCUT2D eigenvalue weighted by molar-refractivity contribution is 5.69. The Morgan fingerprint density at radius 3 is 1.57 bits per heavy atom. The standard InChI is InChI=1S/C29H54O13/c1-2-3-4-5-6-7-8-9-10-11-12-13-14-15-16-22(33)41-29(27(38)25(36)23(34)20(17-30)40-29)42-28(19-32)26(37)24(35)21(18-31)39-28/h20-21,23-27,30-32,34-38H,2-19H2,1H3/t20-,21-,23-,24-,25+,26+,27-,28?,29+/m1/s1. The summed E-state index contributed by atoms with van der Waals surface area (Å²) in [5.74, 6) is -6.44. The number of unbranched alkanes of at least 4 members (excludes halogenated alkanes) is 13. The van der Waals surface area contributed by atoms with Gasteiger partial charge in [-0.3, -0.25) is 9.53 Å². The van der Waals surface area contributed by atoms with Crippen LogP contribution in [0.3, 0.4) is 0 Å². The fourth-order valence-corrected chi connectivity index (χ4v) is 5.47. The third-order valence-electron chi connectivity index (χ3n) is 8.12. The first kappa shape index (κ1) is 37.2. The van der Waals surface area contributed by atoms with E-state index in [1.54, 1.807) is 0 Å². The maximum atomic E-state index is 12.8. The van der Waals surface area contributed by atoms with Crippen LogP contribution in [-0.2, 0) is 23.7 Å². The zero-order valence-corrected chi connectivity index (χ0v) is 24.9. The first-order valence-electron chi connectivity index (χ1n) is 15.6. The third-order valence-corrected chi connectivity index (χ3v) is 8.12. The maximum absolute atomic E-state index is 12.8. The number of hydrogen-bond acceptors (Lipinski definition) is 13. The molecule has 13 nitrogen and oxygen atoms in total. The zero-order valence-electron chi connectivity index (χ0n) is 24.9. The molecule has 0 aromatic carbocycles. The monoisotopic (exact) mass is 610 g/mol. The Morgan fingerprint density at radius 2 is 1.12 bits per heavy atom. The van der Waals surface area contributed by atoms with E-state index in [1.165, 1.54) is 57.8 Å². The van der Waals surface area contributed by atoms with E-state index in [-0.39, 0.29) is 6.42 Å². The van der Waals surface area contributed by atoms with Gasteiger partial charge >= 0.3 is 11.9 Å². The summed E-state index contributed by atoms with van der Waals surface area (Å²) in [7, 11) is 0. The molecule has 0 saturated carbocycles. The number of esters is 1. The van der Waals surface area contributed by atoms with Crippen LogP contribution in [0.25, 0.3) is 0 Å². The van der Waals surface area contributed by atoms with E-state index in [0.29, 0.717) is 6.42 Å². The molecular formula is C29H54O13. The number of ether oxygens (including phenoxy) is 4. The van der Waals surface area contributed by atoms with Gasteiger partial charge in [-0.25, -0.2) is 0 Å². The quantitative estimate of drug-likeness (QED) is 0.0501. The molecule has 2 saturated heterocycles. The van der Waals surface area contributed by atoms with Crippen LogP contribution < -0.4 is 0 Å². The van der Waals surface area contributed by atoms with Crippen molar-refractivity contribution >= 4 is 5.97 Å². The van der Waals surface area contributed by atoms with Crippen LogP contribution in [0.15, 0.2) is 0 Å². The topological polar surface area (TPSA) is 216 Å². The summed E-state index contributed by atoms with van der Waals surface area (Å²) in [6.45, 7) is -0.599. The minimum atomic E-state index is -2.95. The number of carbonyl (C=O) groups is 1. The van der Waals surface area contributed by atoms with Crippen LogP contribution >= 0.6 is 0 Å². The van der Waals surface area contributed by atoms with Gasteiger partial charge in [0.1, 0.15) is 43.2 Å². The molecule has 0 bridgehead atoms. The SMILES string of the molecule is CCCCCCCCCCCCCCCCC(=O)O[C@@]1(OC2(CO)O[C@H](CO)[C@@H](O)[C@@H]2O)O[C@H](CO)[C@@H](O)[C@H](O)[C@H]1O. The van der Waals surface area contributed by atoms with Crippen LogP contribution in [0.5, 0.6) is 0 Å². The summed E-state index contributed by atoms with van der Waals surface area (Å²) < 4.78 is 21.7. The molecule has 13 heteroatoms. The van der Waals surface area contributed by atoms with Gasteiger partial charge in [-0.15, -0.1) is 0 Å². The lowest BCUT2D eigenvalue weighted by molar-refractivity contribution is -0.498. The molecule has 2 aliphatic heterocycles. The van der Waals surface area contributed by atoms with Crippen molar-refractivity contribution in [1.29, 1.82) is 0 Å². The molecule has 42 heavy (non-hydrogen) atoms. The maximum Gasteiger partial charge on any atom is 0.362 e. The Kier molecular flexibility index (Phi) is 16.6. The summed E-state index contributed by atoms with van der Waals surface area (Å²) in [4.78, 5) is 12.8. The molecule has 8 N–H and O–H groups in total. The minimum absolute atomic E-state index is 0.126. The summed E-state index contributed by atoms with van der Waals surface area (Å²) in [5, 5.41) is 81.3. The van der Waals surface area contributed by atoms with Crippen molar-refractivity contribution in [2.75, 3.05) is 19.8 Å². The summed E-state index contributed by atoms with van der Waals surface area (Å²) in [6, 6.07) is 0. The molecular weight excluding hydrogens is 556 g/mol. The second-order valence-electron chi connectivity index (χ2n) is 11.5. The largest absolute Gasteiger partial charge is 0.405 e. The average molecular weight is 611 g/mol. The number of aliphatic hydroxyl groups is 8. The normalized spacial score (nSPS) is 35.0. The molecule has 9 atom stereocenters. The average Bonchev–Trinajstić information content (AvgIpc) is 3.22. The predicted molar refractivity (Wildman–Crippen MR) is 149 cm³/mol. The van der Waals surface area contributed by atoms with E-state index in [1.807, 2.05) is 0 Å². The molecule has 0 aromatic rings. The second-order valence-corrected chi connectivity index (χ2v) is 11.5. The summed E-state index contributed by atoms with van der Waals surface area (Å²) in [5.41, 5.74) is 0. The van der Waals surface area contributed by atoms with Crippen LogP contribution in [0.4, 0.5) is 0 Å². The molecule has 248 valence electrons. The molecule has 0 amide bonds. The van der Waals surface area contributed by atoms with Crippen molar-refractivity contribution in [1.82, 2.24) is 0 Å². The van der Waals surface area contributed by atoms with Gasteiger partial charge in [0.05, 0.1) is 13.2 Å². The van der Waals surface area contributed by atoms with E-state index in [0.717, 1.165) is 25.7 Å². The summed E-state index contributed by atoms with van der Waals surface area (Å²) >= 11 is 0. The smallest absolute Gasteiger partial charge is 0.362 e. The predicted octanol–water partition coefficient (Wildman–Crippen LogP) is 0.347. The van der Waals surface area contributed by atoms with Crippen molar-refractivity contribution in [3.8, 4) is 0 Å². The summed E-state index contributed by atoms with van der Waals surface area (Å²) in [6.07, 6.45) is 2.71. The van der Waals surface area contributed by atoms with Crippen molar-refractivity contribution in [3.05, 3.63) is 0 Å². The fourth-order valence-electron chi connectivity index (χ4n) is 5.47. The number of hydrogen-bond donors (Lipinski definition) is 8. The molecule has 1 unspecified atom stereocenters. The van der Waals surface area contributed by atoms with Gasteiger partial charge in [-0.2, -0.15) is 0 Å². The van der Waals surface area contributed by atoms with Crippen LogP contribution in [0.1, 0.15) is 103 Å². The molecule has 0 spiro atoms. The Bertz CT molecular complexity index is 755. The highest BCUT2D eigenvalue weighted by Gasteiger charge is 2.65. The number of carbonyl (C=O) groups excluding carboxylic acids is 1. The highest BCUT2D eigenvalue weighted by Crippen LogP contribution is 2.41. The first-order chi connectivity index (χ1) is 20.1. The molecule has 2 rings (SSSR count). The van der Waals surface area contributed by atoms with Crippen LogP contribution in [0.2, 0.25) is 0 Å². The van der Waals surface area contributed by atoms with Gasteiger partial charge in [0.2, 0.25) is 5.79 Å². The Hall–Kier alpha value is -0.970. The molecule has 0 radical (unpaired) electrons. The van der Waals surface area contributed by atoms with Gasteiger partial charge in [0.25, 0.3) is 0 Å². The lowest BCUT2D eigenvalue weighted by Crippen LogP contribution is -2.70. The molecule has 2 aliphatic rings. The van der Waals surface area contributed by atoms with Crippen LogP contribution in [0, 0.1) is 0 Å². The Balaban J connectivity index is 1.88. The van der Waals surface area contributed by atoms with Gasteiger partial charge < -0.3 is 55.1 Å². The van der Waals surface area contributed by atoms with Gasteiger partial charge in [0.15, 0.2) is 6.10 Å². The van der Waals surface area contributed by atoms with Crippen molar-refractivity contribution in [2.45, 2.75) is 158 Å². The molecule has 2 fully saturated rings. The number of aliphatic hydroxyl groups excluding tert-OH is 8. The van der Waals surface area contributed by atoms with Crippen molar-refractivity contribution < 1.29 is 64.6 Å². The van der Waals surface area contributed by atoms with Gasteiger partial charge in [-0.05, 0) is 6.42 Å².